The highest BCUT2D eigenvalue weighted by Crippen LogP contribution is 2.29. The van der Waals surface area contributed by atoms with Gasteiger partial charge < -0.3 is 5.32 Å². The number of hydrogen-bond donors (Lipinski definition) is 1. The van der Waals surface area contributed by atoms with Crippen molar-refractivity contribution < 1.29 is 0 Å². The minimum absolute atomic E-state index is 0. The molecule has 0 aliphatic carbocycles. The Morgan fingerprint density at radius 1 is 1.28 bits per heavy atom. The molecular formula is C14H22ClN3. The molecule has 3 nitrogen and oxygen atoms in total. The van der Waals surface area contributed by atoms with E-state index in [1.54, 1.807) is 0 Å². The molecule has 2 saturated heterocycles. The van der Waals surface area contributed by atoms with Gasteiger partial charge in [0.05, 0.1) is 5.69 Å². The molecule has 1 N–H and O–H groups in total. The van der Waals surface area contributed by atoms with Gasteiger partial charge in [-0.2, -0.15) is 0 Å². The monoisotopic (exact) mass is 267 g/mol. The Bertz CT molecular complexity index is 359. The Labute approximate surface area is 115 Å². The molecule has 2 atom stereocenters. The number of nitrogens with one attached hydrogen (secondary N) is 1. The number of aromatic nitrogens is 1. The molecule has 3 rings (SSSR count). The molecule has 2 aliphatic rings. The maximum absolute atomic E-state index is 4.41. The lowest BCUT2D eigenvalue weighted by Crippen LogP contribution is -2.46. The molecule has 2 fully saturated rings. The third-order valence-corrected chi connectivity index (χ3v) is 4.21. The molecule has 1 aromatic rings. The van der Waals surface area contributed by atoms with Crippen molar-refractivity contribution in [2.45, 2.75) is 50.4 Å². The lowest BCUT2D eigenvalue weighted by Gasteiger charge is -2.35. The Kier molecular flexibility index (Phi) is 4.60. The maximum atomic E-state index is 4.41. The summed E-state index contributed by atoms with van der Waals surface area (Å²) in [5.41, 5.74) is 1.18. The highest BCUT2D eigenvalue weighted by Gasteiger charge is 2.34. The highest BCUT2D eigenvalue weighted by molar-refractivity contribution is 5.85. The van der Waals surface area contributed by atoms with Crippen molar-refractivity contribution in [1.29, 1.82) is 0 Å². The smallest absolute Gasteiger partial charge is 0.0543 e. The molecule has 2 aliphatic heterocycles. The molecule has 0 aromatic carbocycles. The van der Waals surface area contributed by atoms with Crippen LogP contribution in [0.1, 0.15) is 31.4 Å². The third-order valence-electron chi connectivity index (χ3n) is 4.21. The number of rotatable bonds is 3. The van der Waals surface area contributed by atoms with Gasteiger partial charge >= 0.3 is 0 Å². The lowest BCUT2D eigenvalue weighted by atomic mass is 9.98. The van der Waals surface area contributed by atoms with E-state index >= 15 is 0 Å². The number of nitrogens with zero attached hydrogens (tertiary/aromatic N) is 2. The summed E-state index contributed by atoms with van der Waals surface area (Å²) in [7, 11) is 2.24. The van der Waals surface area contributed by atoms with E-state index in [9.17, 15) is 0 Å². The van der Waals surface area contributed by atoms with E-state index < -0.39 is 0 Å². The van der Waals surface area contributed by atoms with E-state index in [1.807, 2.05) is 12.3 Å². The van der Waals surface area contributed by atoms with Gasteiger partial charge in [-0.05, 0) is 44.9 Å². The number of fused-ring (bicyclic) bond motifs is 2. The van der Waals surface area contributed by atoms with Crippen LogP contribution in [0.2, 0.25) is 0 Å². The molecule has 3 heterocycles. The summed E-state index contributed by atoms with van der Waals surface area (Å²) in [6.45, 7) is 0.977. The second-order valence-corrected chi connectivity index (χ2v) is 5.50. The molecule has 4 heteroatoms. The molecule has 0 spiro atoms. The Hall–Kier alpha value is -0.640. The van der Waals surface area contributed by atoms with E-state index in [-0.39, 0.29) is 12.4 Å². The molecule has 2 bridgehead atoms. The molecule has 18 heavy (non-hydrogen) atoms. The van der Waals surface area contributed by atoms with Gasteiger partial charge in [0, 0.05) is 30.9 Å². The van der Waals surface area contributed by atoms with Gasteiger partial charge in [-0.3, -0.25) is 9.88 Å². The highest BCUT2D eigenvalue weighted by atomic mass is 35.5. The van der Waals surface area contributed by atoms with Crippen LogP contribution in [-0.4, -0.2) is 35.1 Å². The fourth-order valence-electron chi connectivity index (χ4n) is 3.26. The van der Waals surface area contributed by atoms with Crippen molar-refractivity contribution in [3.05, 3.63) is 30.1 Å². The summed E-state index contributed by atoms with van der Waals surface area (Å²) in [5, 5.41) is 3.70. The first-order valence-electron chi connectivity index (χ1n) is 6.67. The van der Waals surface area contributed by atoms with Crippen molar-refractivity contribution in [3.63, 3.8) is 0 Å². The predicted octanol–water partition coefficient (Wildman–Crippen LogP) is 2.22. The van der Waals surface area contributed by atoms with Gasteiger partial charge in [-0.15, -0.1) is 12.4 Å². The van der Waals surface area contributed by atoms with Crippen LogP contribution in [-0.2, 0) is 6.54 Å². The summed E-state index contributed by atoms with van der Waals surface area (Å²) < 4.78 is 0. The van der Waals surface area contributed by atoms with Crippen LogP contribution in [0.15, 0.2) is 24.4 Å². The molecule has 0 saturated carbocycles. The lowest BCUT2D eigenvalue weighted by molar-refractivity contribution is 0.164. The zero-order chi connectivity index (χ0) is 11.7. The third kappa shape index (κ3) is 3.02. The summed E-state index contributed by atoms with van der Waals surface area (Å²) in [6.07, 6.45) is 7.24. The van der Waals surface area contributed by atoms with Crippen molar-refractivity contribution in [2.24, 2.45) is 0 Å². The Morgan fingerprint density at radius 3 is 2.61 bits per heavy atom. The zero-order valence-corrected chi connectivity index (χ0v) is 11.7. The fourth-order valence-corrected chi connectivity index (χ4v) is 3.26. The van der Waals surface area contributed by atoms with E-state index in [0.717, 1.165) is 24.7 Å². The second kappa shape index (κ2) is 6.00. The standard InChI is InChI=1S/C14H21N3.ClH/c1-17(10-13-4-2-3-7-15-13)14-8-11-5-6-12(9-14)16-11;/h2-4,7,11-12,14,16H,5-6,8-10H2,1H3;1H. The quantitative estimate of drug-likeness (QED) is 0.910. The van der Waals surface area contributed by atoms with E-state index in [1.165, 1.54) is 31.4 Å². The van der Waals surface area contributed by atoms with Crippen LogP contribution >= 0.6 is 12.4 Å². The molecular weight excluding hydrogens is 246 g/mol. The van der Waals surface area contributed by atoms with Gasteiger partial charge in [-0.25, -0.2) is 0 Å². The summed E-state index contributed by atoms with van der Waals surface area (Å²) in [4.78, 5) is 6.89. The SMILES string of the molecule is CN(Cc1ccccn1)C1CC2CCC(C1)N2.Cl. The van der Waals surface area contributed by atoms with Crippen molar-refractivity contribution in [3.8, 4) is 0 Å². The minimum atomic E-state index is 0. The molecule has 0 radical (unpaired) electrons. The molecule has 2 unspecified atom stereocenters. The summed E-state index contributed by atoms with van der Waals surface area (Å²) in [5.74, 6) is 0. The van der Waals surface area contributed by atoms with Crippen LogP contribution in [0, 0.1) is 0 Å². The average molecular weight is 268 g/mol. The summed E-state index contributed by atoms with van der Waals surface area (Å²) in [6, 6.07) is 8.44. The fraction of sp³-hybridized carbons (Fsp3) is 0.643. The summed E-state index contributed by atoms with van der Waals surface area (Å²) >= 11 is 0. The maximum Gasteiger partial charge on any atom is 0.0543 e. The van der Waals surface area contributed by atoms with E-state index in [2.05, 4.69) is 34.4 Å². The van der Waals surface area contributed by atoms with Crippen molar-refractivity contribution >= 4 is 12.4 Å². The van der Waals surface area contributed by atoms with Crippen LogP contribution in [0.25, 0.3) is 0 Å². The largest absolute Gasteiger partial charge is 0.311 e. The minimum Gasteiger partial charge on any atom is -0.311 e. The zero-order valence-electron chi connectivity index (χ0n) is 10.9. The van der Waals surface area contributed by atoms with E-state index in [4.69, 9.17) is 0 Å². The normalized spacial score (nSPS) is 30.2. The number of piperidine rings is 1. The first-order chi connectivity index (χ1) is 8.31. The first kappa shape index (κ1) is 13.8. The number of pyridine rings is 1. The van der Waals surface area contributed by atoms with Gasteiger partial charge in [0.1, 0.15) is 0 Å². The van der Waals surface area contributed by atoms with Gasteiger partial charge in [0.2, 0.25) is 0 Å². The molecule has 0 amide bonds. The van der Waals surface area contributed by atoms with Crippen LogP contribution in [0.4, 0.5) is 0 Å². The Morgan fingerprint density at radius 2 is 2.00 bits per heavy atom. The van der Waals surface area contributed by atoms with Gasteiger partial charge in [-0.1, -0.05) is 6.07 Å². The van der Waals surface area contributed by atoms with Gasteiger partial charge in [0.25, 0.3) is 0 Å². The molecule has 100 valence electrons. The first-order valence-corrected chi connectivity index (χ1v) is 6.67. The van der Waals surface area contributed by atoms with Crippen molar-refractivity contribution in [1.82, 2.24) is 15.2 Å². The second-order valence-electron chi connectivity index (χ2n) is 5.50. The van der Waals surface area contributed by atoms with Crippen LogP contribution in [0.3, 0.4) is 0 Å². The van der Waals surface area contributed by atoms with Crippen LogP contribution in [0.5, 0.6) is 0 Å². The topological polar surface area (TPSA) is 28.2 Å². The van der Waals surface area contributed by atoms with E-state index in [0.29, 0.717) is 0 Å². The average Bonchev–Trinajstić information content (AvgIpc) is 2.69. The Balaban J connectivity index is 0.00000120. The number of halogens is 1. The van der Waals surface area contributed by atoms with Gasteiger partial charge in [0.15, 0.2) is 0 Å². The number of hydrogen-bond acceptors (Lipinski definition) is 3. The predicted molar refractivity (Wildman–Crippen MR) is 75.9 cm³/mol. The van der Waals surface area contributed by atoms with Crippen molar-refractivity contribution in [2.75, 3.05) is 7.05 Å². The molecule has 1 aromatic heterocycles. The van der Waals surface area contributed by atoms with Crippen LogP contribution < -0.4 is 5.32 Å².